The highest BCUT2D eigenvalue weighted by molar-refractivity contribution is 5.87. The van der Waals surface area contributed by atoms with Crippen molar-refractivity contribution < 1.29 is 9.21 Å². The largest absolute Gasteiger partial charge is 0.484 e. The fourth-order valence-electron chi connectivity index (χ4n) is 2.31. The van der Waals surface area contributed by atoms with E-state index in [1.54, 1.807) is 6.26 Å². The van der Waals surface area contributed by atoms with E-state index >= 15 is 0 Å². The first-order chi connectivity index (χ1) is 10.9. The summed E-state index contributed by atoms with van der Waals surface area (Å²) in [5, 5.41) is 2.99. The number of hydrogen-bond donors (Lipinski definition) is 1. The van der Waals surface area contributed by atoms with Gasteiger partial charge in [-0.05, 0) is 30.9 Å². The Morgan fingerprint density at radius 2 is 1.91 bits per heavy atom. The highest BCUT2D eigenvalue weighted by atomic mass is 16.3. The number of amides is 1. The molecule has 2 aromatic rings. The molecule has 2 rings (SSSR count). The Balaban J connectivity index is 2.21. The van der Waals surface area contributed by atoms with Gasteiger partial charge in [-0.3, -0.25) is 4.79 Å². The lowest BCUT2D eigenvalue weighted by molar-refractivity contribution is -0.125. The first-order valence-electron chi connectivity index (χ1n) is 7.69. The fourth-order valence-corrected chi connectivity index (χ4v) is 2.31. The molecule has 0 bridgehead atoms. The van der Waals surface area contributed by atoms with E-state index in [2.05, 4.69) is 24.0 Å². The Bertz CT molecular complexity index is 719. The molecule has 0 aliphatic heterocycles. The van der Waals surface area contributed by atoms with Crippen LogP contribution in [0.4, 0.5) is 5.69 Å². The number of rotatable bonds is 5. The topological polar surface area (TPSA) is 46.6 Å². The third-order valence-electron chi connectivity index (χ3n) is 3.92. The molecule has 0 unspecified atom stereocenters. The predicted molar refractivity (Wildman–Crippen MR) is 91.3 cm³/mol. The van der Waals surface area contributed by atoms with Crippen LogP contribution in [-0.4, -0.2) is 12.5 Å². The number of nitrogens with one attached hydrogen (secondary N) is 1. The first kappa shape index (κ1) is 16.8. The summed E-state index contributed by atoms with van der Waals surface area (Å²) in [6.45, 7) is 15.8. The van der Waals surface area contributed by atoms with Crippen LogP contribution >= 0.6 is 0 Å². The first-order valence-corrected chi connectivity index (χ1v) is 7.69. The van der Waals surface area contributed by atoms with Crippen LogP contribution in [0, 0.1) is 12.5 Å². The monoisotopic (exact) mass is 310 g/mol. The van der Waals surface area contributed by atoms with Crippen LogP contribution in [0.5, 0.6) is 0 Å². The molecular weight excluding hydrogens is 288 g/mol. The van der Waals surface area contributed by atoms with Crippen molar-refractivity contribution in [2.75, 3.05) is 6.54 Å². The van der Waals surface area contributed by atoms with Crippen LogP contribution < -0.4 is 5.32 Å². The minimum absolute atomic E-state index is 0.0177. The maximum atomic E-state index is 12.4. The maximum Gasteiger partial charge on any atom is 0.232 e. The van der Waals surface area contributed by atoms with Crippen molar-refractivity contribution in [1.82, 2.24) is 5.32 Å². The molecule has 1 heterocycles. The van der Waals surface area contributed by atoms with Gasteiger partial charge in [0.05, 0.1) is 24.5 Å². The summed E-state index contributed by atoms with van der Waals surface area (Å²) in [6.07, 6.45) is 3.02. The van der Waals surface area contributed by atoms with Crippen molar-refractivity contribution in [3.8, 4) is 11.1 Å². The van der Waals surface area contributed by atoms with Gasteiger partial charge >= 0.3 is 0 Å². The summed E-state index contributed by atoms with van der Waals surface area (Å²) in [5.74, 6) is 0.439. The van der Waals surface area contributed by atoms with Crippen LogP contribution in [0.15, 0.2) is 41.2 Å². The lowest BCUT2D eigenvalue weighted by atomic mass is 9.83. The summed E-state index contributed by atoms with van der Waals surface area (Å²) in [6, 6.07) is 7.72. The van der Waals surface area contributed by atoms with Gasteiger partial charge in [0, 0.05) is 12.1 Å². The average Bonchev–Trinajstić information content (AvgIpc) is 3.01. The number of hydrogen-bond acceptors (Lipinski definition) is 2. The van der Waals surface area contributed by atoms with E-state index < -0.39 is 5.41 Å². The second-order valence-corrected chi connectivity index (χ2v) is 6.59. The van der Waals surface area contributed by atoms with Gasteiger partial charge in [0.1, 0.15) is 0 Å². The Morgan fingerprint density at radius 3 is 2.48 bits per heavy atom. The van der Waals surface area contributed by atoms with Crippen molar-refractivity contribution in [2.24, 2.45) is 5.92 Å². The molecule has 4 nitrogen and oxygen atoms in total. The Morgan fingerprint density at radius 1 is 1.26 bits per heavy atom. The normalized spacial score (nSPS) is 11.3. The second kappa shape index (κ2) is 6.70. The molecule has 120 valence electrons. The van der Waals surface area contributed by atoms with E-state index in [0.717, 1.165) is 16.7 Å². The Labute approximate surface area is 137 Å². The highest BCUT2D eigenvalue weighted by Crippen LogP contribution is 2.33. The predicted octanol–water partition coefficient (Wildman–Crippen LogP) is 4.55. The minimum Gasteiger partial charge on any atom is -0.484 e. The molecule has 1 aromatic carbocycles. The molecule has 0 radical (unpaired) electrons. The zero-order valence-electron chi connectivity index (χ0n) is 14.0. The van der Waals surface area contributed by atoms with E-state index in [1.807, 2.05) is 38.1 Å². The number of nitrogens with zero attached hydrogens (tertiary/aromatic N) is 1. The standard InChI is InChI=1S/C19H22N2O2/c1-13(2)10-21-18(22)19(3,4)15-8-6-14(7-9-15)16-11-23-12-17(16)20-5/h6-9,11-13H,10H2,1-4H3,(H,21,22). The van der Waals surface area contributed by atoms with Gasteiger partial charge in [-0.1, -0.05) is 38.1 Å². The summed E-state index contributed by atoms with van der Waals surface area (Å²) < 4.78 is 5.10. The molecule has 23 heavy (non-hydrogen) atoms. The summed E-state index contributed by atoms with van der Waals surface area (Å²) in [5.41, 5.74) is 2.51. The van der Waals surface area contributed by atoms with Gasteiger partial charge in [0.2, 0.25) is 11.6 Å². The molecule has 0 atom stereocenters. The lowest BCUT2D eigenvalue weighted by Gasteiger charge is -2.25. The van der Waals surface area contributed by atoms with E-state index in [9.17, 15) is 4.79 Å². The van der Waals surface area contributed by atoms with Crippen LogP contribution in [-0.2, 0) is 10.2 Å². The summed E-state index contributed by atoms with van der Waals surface area (Å²) >= 11 is 0. The van der Waals surface area contributed by atoms with E-state index in [-0.39, 0.29) is 5.91 Å². The zero-order chi connectivity index (χ0) is 17.0. The molecule has 0 aliphatic carbocycles. The highest BCUT2D eigenvalue weighted by Gasteiger charge is 2.29. The third kappa shape index (κ3) is 3.62. The third-order valence-corrected chi connectivity index (χ3v) is 3.92. The molecule has 0 aliphatic rings. The molecule has 4 heteroatoms. The lowest BCUT2D eigenvalue weighted by Crippen LogP contribution is -2.41. The number of benzene rings is 1. The number of furan rings is 1. The van der Waals surface area contributed by atoms with Crippen LogP contribution in [0.2, 0.25) is 0 Å². The quantitative estimate of drug-likeness (QED) is 0.824. The molecule has 0 saturated heterocycles. The van der Waals surface area contributed by atoms with Crippen LogP contribution in [0.1, 0.15) is 33.3 Å². The molecule has 0 spiro atoms. The number of carbonyl (C=O) groups is 1. The van der Waals surface area contributed by atoms with Crippen molar-refractivity contribution in [2.45, 2.75) is 33.1 Å². The maximum absolute atomic E-state index is 12.4. The van der Waals surface area contributed by atoms with Crippen molar-refractivity contribution in [3.63, 3.8) is 0 Å². The fraction of sp³-hybridized carbons (Fsp3) is 0.368. The van der Waals surface area contributed by atoms with Crippen LogP contribution in [0.25, 0.3) is 16.0 Å². The van der Waals surface area contributed by atoms with Gasteiger partial charge < -0.3 is 9.73 Å². The molecule has 1 aromatic heterocycles. The summed E-state index contributed by atoms with van der Waals surface area (Å²) in [4.78, 5) is 15.9. The molecule has 1 N–H and O–H groups in total. The van der Waals surface area contributed by atoms with Gasteiger partial charge in [0.25, 0.3) is 0 Å². The van der Waals surface area contributed by atoms with Gasteiger partial charge in [0.15, 0.2) is 0 Å². The Hall–Kier alpha value is -2.54. The van der Waals surface area contributed by atoms with E-state index in [4.69, 9.17) is 11.0 Å². The van der Waals surface area contributed by atoms with Gasteiger partial charge in [-0.2, -0.15) is 0 Å². The van der Waals surface area contributed by atoms with Crippen molar-refractivity contribution >= 4 is 11.6 Å². The van der Waals surface area contributed by atoms with Gasteiger partial charge in [-0.25, -0.2) is 4.85 Å². The average molecular weight is 310 g/mol. The van der Waals surface area contributed by atoms with Gasteiger partial charge in [-0.15, -0.1) is 0 Å². The van der Waals surface area contributed by atoms with Crippen LogP contribution in [0.3, 0.4) is 0 Å². The zero-order valence-corrected chi connectivity index (χ0v) is 14.0. The Kier molecular flexibility index (Phi) is 4.90. The second-order valence-electron chi connectivity index (χ2n) is 6.59. The molecular formula is C19H22N2O2. The van der Waals surface area contributed by atoms with E-state index in [1.165, 1.54) is 6.26 Å². The SMILES string of the molecule is [C-]#[N+]c1cocc1-c1ccc(C(C)(C)C(=O)NCC(C)C)cc1. The smallest absolute Gasteiger partial charge is 0.232 e. The van der Waals surface area contributed by atoms with Crippen molar-refractivity contribution in [3.05, 3.63) is 53.8 Å². The molecule has 0 saturated carbocycles. The summed E-state index contributed by atoms with van der Waals surface area (Å²) in [7, 11) is 0. The van der Waals surface area contributed by atoms with E-state index in [0.29, 0.717) is 18.2 Å². The minimum atomic E-state index is -0.605. The molecule has 0 fully saturated rings. The number of carbonyl (C=O) groups excluding carboxylic acids is 1. The van der Waals surface area contributed by atoms with Crippen molar-refractivity contribution in [1.29, 1.82) is 0 Å². The molecule has 1 amide bonds.